The Labute approximate surface area is 107 Å². The fourth-order valence-corrected chi connectivity index (χ4v) is 2.11. The van der Waals surface area contributed by atoms with Crippen LogP contribution in [0.2, 0.25) is 0 Å². The summed E-state index contributed by atoms with van der Waals surface area (Å²) in [5.74, 6) is 0.107. The highest BCUT2D eigenvalue weighted by atomic mass is 16.5. The van der Waals surface area contributed by atoms with E-state index in [-0.39, 0.29) is 17.3 Å². The van der Waals surface area contributed by atoms with Crippen LogP contribution < -0.4 is 0 Å². The third-order valence-electron chi connectivity index (χ3n) is 3.17. The van der Waals surface area contributed by atoms with Crippen LogP contribution in [-0.2, 0) is 4.74 Å². The summed E-state index contributed by atoms with van der Waals surface area (Å²) in [7, 11) is 0. The summed E-state index contributed by atoms with van der Waals surface area (Å²) in [6.45, 7) is 7.47. The van der Waals surface area contributed by atoms with Gasteiger partial charge in [-0.2, -0.15) is 0 Å². The number of aromatic hydroxyl groups is 1. The number of aryl methyl sites for hydroxylation is 1. The maximum absolute atomic E-state index is 12.3. The van der Waals surface area contributed by atoms with Crippen molar-refractivity contribution in [2.24, 2.45) is 0 Å². The molecule has 1 saturated heterocycles. The van der Waals surface area contributed by atoms with E-state index in [0.717, 1.165) is 5.56 Å². The predicted molar refractivity (Wildman–Crippen MR) is 68.8 cm³/mol. The van der Waals surface area contributed by atoms with Crippen LogP contribution in [0.5, 0.6) is 5.75 Å². The van der Waals surface area contributed by atoms with Gasteiger partial charge < -0.3 is 14.7 Å². The Morgan fingerprint density at radius 3 is 2.78 bits per heavy atom. The van der Waals surface area contributed by atoms with Crippen molar-refractivity contribution in [2.45, 2.75) is 26.4 Å². The van der Waals surface area contributed by atoms with Gasteiger partial charge in [0.2, 0.25) is 0 Å². The Morgan fingerprint density at radius 1 is 1.44 bits per heavy atom. The summed E-state index contributed by atoms with van der Waals surface area (Å²) in [5, 5.41) is 9.65. The van der Waals surface area contributed by atoms with Gasteiger partial charge in [0.25, 0.3) is 5.91 Å². The van der Waals surface area contributed by atoms with Gasteiger partial charge in [-0.1, -0.05) is 6.07 Å². The molecule has 1 amide bonds. The van der Waals surface area contributed by atoms with Crippen LogP contribution in [0.15, 0.2) is 18.2 Å². The zero-order valence-electron chi connectivity index (χ0n) is 11.1. The number of morpholine rings is 1. The van der Waals surface area contributed by atoms with Gasteiger partial charge in [0, 0.05) is 18.7 Å². The topological polar surface area (TPSA) is 49.8 Å². The summed E-state index contributed by atoms with van der Waals surface area (Å²) in [6.07, 6.45) is 0. The quantitative estimate of drug-likeness (QED) is 0.827. The monoisotopic (exact) mass is 249 g/mol. The first-order chi connectivity index (χ1) is 8.39. The molecule has 0 aliphatic carbocycles. The van der Waals surface area contributed by atoms with E-state index in [1.54, 1.807) is 24.0 Å². The van der Waals surface area contributed by atoms with Crippen molar-refractivity contribution in [2.75, 3.05) is 19.7 Å². The van der Waals surface area contributed by atoms with Crippen LogP contribution in [0.3, 0.4) is 0 Å². The number of carbonyl (C=O) groups excluding carboxylic acids is 1. The molecule has 18 heavy (non-hydrogen) atoms. The van der Waals surface area contributed by atoms with E-state index in [1.807, 2.05) is 13.8 Å². The molecule has 2 rings (SSSR count). The van der Waals surface area contributed by atoms with Gasteiger partial charge in [-0.05, 0) is 38.5 Å². The second-order valence-corrected chi connectivity index (χ2v) is 5.34. The summed E-state index contributed by atoms with van der Waals surface area (Å²) >= 11 is 0. The number of hydrogen-bond acceptors (Lipinski definition) is 3. The van der Waals surface area contributed by atoms with Crippen molar-refractivity contribution in [1.82, 2.24) is 4.90 Å². The average Bonchev–Trinajstić information content (AvgIpc) is 2.30. The molecule has 1 aliphatic heterocycles. The van der Waals surface area contributed by atoms with Gasteiger partial charge in [0.15, 0.2) is 0 Å². The molecule has 1 fully saturated rings. The Hall–Kier alpha value is -1.55. The van der Waals surface area contributed by atoms with Gasteiger partial charge in [-0.15, -0.1) is 0 Å². The number of nitrogens with zero attached hydrogens (tertiary/aromatic N) is 1. The molecule has 1 aromatic rings. The SMILES string of the molecule is Cc1ccc(C(=O)N2CCOC(C)(C)C2)cc1O. The van der Waals surface area contributed by atoms with Crippen LogP contribution in [0.25, 0.3) is 0 Å². The number of phenols is 1. The van der Waals surface area contributed by atoms with Crippen molar-refractivity contribution in [3.63, 3.8) is 0 Å². The van der Waals surface area contributed by atoms with E-state index < -0.39 is 0 Å². The average molecular weight is 249 g/mol. The van der Waals surface area contributed by atoms with Gasteiger partial charge in [0.05, 0.1) is 12.2 Å². The van der Waals surface area contributed by atoms with Crippen molar-refractivity contribution < 1.29 is 14.6 Å². The van der Waals surface area contributed by atoms with Crippen LogP contribution in [0, 0.1) is 6.92 Å². The maximum Gasteiger partial charge on any atom is 0.254 e. The third kappa shape index (κ3) is 2.64. The van der Waals surface area contributed by atoms with Crippen molar-refractivity contribution in [3.05, 3.63) is 29.3 Å². The molecule has 4 nitrogen and oxygen atoms in total. The lowest BCUT2D eigenvalue weighted by Gasteiger charge is -2.38. The van der Waals surface area contributed by atoms with E-state index in [0.29, 0.717) is 25.3 Å². The highest BCUT2D eigenvalue weighted by Crippen LogP contribution is 2.22. The number of phenolic OH excluding ortho intramolecular Hbond substituents is 1. The second-order valence-electron chi connectivity index (χ2n) is 5.34. The zero-order valence-corrected chi connectivity index (χ0v) is 11.1. The standard InChI is InChI=1S/C14H19NO3/c1-10-4-5-11(8-12(10)16)13(17)15-6-7-18-14(2,3)9-15/h4-5,8,16H,6-7,9H2,1-3H3. The zero-order chi connectivity index (χ0) is 13.3. The predicted octanol–water partition coefficient (Wildman–Crippen LogP) is 1.95. The Balaban J connectivity index is 2.18. The lowest BCUT2D eigenvalue weighted by atomic mass is 10.1. The van der Waals surface area contributed by atoms with Crippen molar-refractivity contribution >= 4 is 5.91 Å². The fourth-order valence-electron chi connectivity index (χ4n) is 2.11. The van der Waals surface area contributed by atoms with Crippen LogP contribution >= 0.6 is 0 Å². The van der Waals surface area contributed by atoms with Crippen LogP contribution in [-0.4, -0.2) is 41.2 Å². The first-order valence-electron chi connectivity index (χ1n) is 6.12. The molecule has 0 bridgehead atoms. The molecule has 0 aromatic heterocycles. The highest BCUT2D eigenvalue weighted by molar-refractivity contribution is 5.94. The smallest absolute Gasteiger partial charge is 0.254 e. The molecule has 1 aliphatic rings. The molecular formula is C14H19NO3. The van der Waals surface area contributed by atoms with E-state index in [4.69, 9.17) is 4.74 Å². The number of carbonyl (C=O) groups is 1. The third-order valence-corrected chi connectivity index (χ3v) is 3.17. The first kappa shape index (κ1) is 12.9. The normalized spacial score (nSPS) is 18.7. The van der Waals surface area contributed by atoms with E-state index in [1.165, 1.54) is 6.07 Å². The molecule has 0 radical (unpaired) electrons. The molecule has 1 heterocycles. The minimum absolute atomic E-state index is 0.0540. The van der Waals surface area contributed by atoms with E-state index in [9.17, 15) is 9.90 Å². The molecule has 0 saturated carbocycles. The summed E-state index contributed by atoms with van der Waals surface area (Å²) < 4.78 is 5.58. The second kappa shape index (κ2) is 4.61. The lowest BCUT2D eigenvalue weighted by molar-refractivity contribution is -0.0764. The molecule has 4 heteroatoms. The minimum Gasteiger partial charge on any atom is -0.508 e. The Morgan fingerprint density at radius 2 is 2.17 bits per heavy atom. The number of benzene rings is 1. The largest absolute Gasteiger partial charge is 0.508 e. The highest BCUT2D eigenvalue weighted by Gasteiger charge is 2.30. The van der Waals surface area contributed by atoms with Crippen LogP contribution in [0.1, 0.15) is 29.8 Å². The minimum atomic E-state index is -0.305. The van der Waals surface area contributed by atoms with Crippen LogP contribution in [0.4, 0.5) is 0 Å². The van der Waals surface area contributed by atoms with Crippen molar-refractivity contribution in [1.29, 1.82) is 0 Å². The van der Waals surface area contributed by atoms with E-state index in [2.05, 4.69) is 0 Å². The van der Waals surface area contributed by atoms with Gasteiger partial charge in [-0.25, -0.2) is 0 Å². The number of hydrogen-bond donors (Lipinski definition) is 1. The van der Waals surface area contributed by atoms with Gasteiger partial charge in [0.1, 0.15) is 5.75 Å². The molecule has 0 unspecified atom stereocenters. The lowest BCUT2D eigenvalue weighted by Crippen LogP contribution is -2.50. The van der Waals surface area contributed by atoms with Gasteiger partial charge in [-0.3, -0.25) is 4.79 Å². The number of amides is 1. The first-order valence-corrected chi connectivity index (χ1v) is 6.12. The molecule has 1 N–H and O–H groups in total. The van der Waals surface area contributed by atoms with Gasteiger partial charge >= 0.3 is 0 Å². The number of rotatable bonds is 1. The summed E-state index contributed by atoms with van der Waals surface area (Å²) in [5.41, 5.74) is 0.991. The molecular weight excluding hydrogens is 230 g/mol. The Bertz CT molecular complexity index is 468. The Kier molecular flexibility index (Phi) is 3.30. The van der Waals surface area contributed by atoms with Crippen molar-refractivity contribution in [3.8, 4) is 5.75 Å². The van der Waals surface area contributed by atoms with E-state index >= 15 is 0 Å². The number of ether oxygens (including phenoxy) is 1. The molecule has 0 atom stereocenters. The fraction of sp³-hybridized carbons (Fsp3) is 0.500. The molecule has 98 valence electrons. The molecule has 1 aromatic carbocycles. The summed E-state index contributed by atoms with van der Waals surface area (Å²) in [6, 6.07) is 5.04. The maximum atomic E-state index is 12.3. The molecule has 0 spiro atoms. The summed E-state index contributed by atoms with van der Waals surface area (Å²) in [4.78, 5) is 14.1.